The van der Waals surface area contributed by atoms with Crippen molar-refractivity contribution in [1.82, 2.24) is 5.32 Å². The van der Waals surface area contributed by atoms with E-state index in [1.165, 1.54) is 12.1 Å². The molecule has 1 aliphatic carbocycles. The fraction of sp³-hybridized carbons (Fsp3) is 0.632. The molecule has 0 bridgehead atoms. The van der Waals surface area contributed by atoms with Crippen LogP contribution in [0.4, 0.5) is 13.2 Å². The molecule has 3 rings (SSSR count). The zero-order valence-corrected chi connectivity index (χ0v) is 14.6. The van der Waals surface area contributed by atoms with Crippen LogP contribution in [-0.2, 0) is 20.4 Å². The Hall–Kier alpha value is -1.60. The Morgan fingerprint density at radius 3 is 2.58 bits per heavy atom. The van der Waals surface area contributed by atoms with Crippen molar-refractivity contribution < 1.29 is 27.4 Å². The second kappa shape index (κ2) is 8.39. The van der Waals surface area contributed by atoms with Crippen LogP contribution in [0.1, 0.15) is 49.1 Å². The molecule has 2 fully saturated rings. The maximum Gasteiger partial charge on any atom is 0.416 e. The number of carbonyl (C=O) groups excluding carboxylic acids is 1. The molecular formula is C19H24F3NO3. The predicted molar refractivity (Wildman–Crippen MR) is 89.8 cm³/mol. The summed E-state index contributed by atoms with van der Waals surface area (Å²) in [5.74, 6) is -0.658. The van der Waals surface area contributed by atoms with Crippen molar-refractivity contribution >= 4 is 5.91 Å². The van der Waals surface area contributed by atoms with Crippen LogP contribution in [-0.4, -0.2) is 37.9 Å². The lowest BCUT2D eigenvalue weighted by Crippen LogP contribution is -2.48. The van der Waals surface area contributed by atoms with Gasteiger partial charge in [0.2, 0.25) is 0 Å². The van der Waals surface area contributed by atoms with Crippen LogP contribution < -0.4 is 5.32 Å². The van der Waals surface area contributed by atoms with Gasteiger partial charge >= 0.3 is 6.18 Å². The Morgan fingerprint density at radius 2 is 1.85 bits per heavy atom. The maximum absolute atomic E-state index is 13.5. The topological polar surface area (TPSA) is 47.6 Å². The molecule has 1 saturated carbocycles. The Bertz CT molecular complexity index is 614. The lowest BCUT2D eigenvalue weighted by atomic mass is 9.84. The van der Waals surface area contributed by atoms with Crippen LogP contribution >= 0.6 is 0 Å². The number of halogens is 3. The number of benzene rings is 1. The van der Waals surface area contributed by atoms with Gasteiger partial charge in [-0.15, -0.1) is 0 Å². The van der Waals surface area contributed by atoms with Crippen molar-refractivity contribution in [1.29, 1.82) is 0 Å². The summed E-state index contributed by atoms with van der Waals surface area (Å²) < 4.78 is 51.1. The summed E-state index contributed by atoms with van der Waals surface area (Å²) in [4.78, 5) is 12.5. The summed E-state index contributed by atoms with van der Waals surface area (Å²) in [6.45, 7) is 0.986. The van der Waals surface area contributed by atoms with E-state index in [2.05, 4.69) is 5.32 Å². The predicted octanol–water partition coefficient (Wildman–Crippen LogP) is 3.65. The van der Waals surface area contributed by atoms with Gasteiger partial charge in [0.1, 0.15) is 0 Å². The first-order chi connectivity index (χ1) is 12.5. The third-order valence-electron chi connectivity index (χ3n) is 5.12. The zero-order valence-electron chi connectivity index (χ0n) is 14.6. The molecule has 2 aliphatic rings. The molecule has 0 radical (unpaired) electrons. The Labute approximate surface area is 151 Å². The van der Waals surface area contributed by atoms with Gasteiger partial charge < -0.3 is 14.8 Å². The third-order valence-corrected chi connectivity index (χ3v) is 5.12. The van der Waals surface area contributed by atoms with E-state index in [-0.39, 0.29) is 30.0 Å². The van der Waals surface area contributed by atoms with Gasteiger partial charge in [0.15, 0.2) is 6.10 Å². The summed E-state index contributed by atoms with van der Waals surface area (Å²) in [7, 11) is 0. The Morgan fingerprint density at radius 1 is 1.08 bits per heavy atom. The zero-order chi connectivity index (χ0) is 18.6. The van der Waals surface area contributed by atoms with Gasteiger partial charge in [0.25, 0.3) is 5.91 Å². The van der Waals surface area contributed by atoms with E-state index in [0.717, 1.165) is 25.3 Å². The highest BCUT2D eigenvalue weighted by molar-refractivity contribution is 5.81. The van der Waals surface area contributed by atoms with Gasteiger partial charge in [-0.1, -0.05) is 37.5 Å². The summed E-state index contributed by atoms with van der Waals surface area (Å²) in [5, 5.41) is 2.94. The van der Waals surface area contributed by atoms with Crippen molar-refractivity contribution in [3.05, 3.63) is 35.4 Å². The lowest BCUT2D eigenvalue weighted by Gasteiger charge is -2.31. The number of nitrogens with one attached hydrogen (secondary N) is 1. The molecule has 1 heterocycles. The van der Waals surface area contributed by atoms with Gasteiger partial charge in [-0.25, -0.2) is 0 Å². The molecule has 1 saturated heterocycles. The second-order valence-electron chi connectivity index (χ2n) is 6.88. The van der Waals surface area contributed by atoms with E-state index in [1.54, 1.807) is 6.07 Å². The van der Waals surface area contributed by atoms with Gasteiger partial charge in [-0.3, -0.25) is 4.79 Å². The number of rotatable bonds is 3. The minimum atomic E-state index is -4.40. The molecule has 3 atom stereocenters. The van der Waals surface area contributed by atoms with E-state index in [9.17, 15) is 18.0 Å². The largest absolute Gasteiger partial charge is 0.416 e. The van der Waals surface area contributed by atoms with Crippen LogP contribution in [0.25, 0.3) is 0 Å². The smallest absolute Gasteiger partial charge is 0.376 e. The molecule has 1 aliphatic heterocycles. The second-order valence-corrected chi connectivity index (χ2v) is 6.88. The highest BCUT2D eigenvalue weighted by Crippen LogP contribution is 2.40. The van der Waals surface area contributed by atoms with E-state index < -0.39 is 17.8 Å². The van der Waals surface area contributed by atoms with Crippen molar-refractivity contribution in [3.8, 4) is 0 Å². The molecule has 0 spiro atoms. The fourth-order valence-electron chi connectivity index (χ4n) is 3.85. The summed E-state index contributed by atoms with van der Waals surface area (Å²) in [5.41, 5.74) is -0.337. The number of hydrogen-bond donors (Lipinski definition) is 1. The number of hydrogen-bond acceptors (Lipinski definition) is 3. The average Bonchev–Trinajstić information content (AvgIpc) is 2.87. The Balaban J connectivity index is 1.82. The minimum Gasteiger partial charge on any atom is -0.376 e. The average molecular weight is 371 g/mol. The molecule has 26 heavy (non-hydrogen) atoms. The van der Waals surface area contributed by atoms with Crippen LogP contribution in [0.2, 0.25) is 0 Å². The van der Waals surface area contributed by atoms with Gasteiger partial charge in [0, 0.05) is 12.0 Å². The first-order valence-electron chi connectivity index (χ1n) is 9.12. The molecule has 0 aromatic heterocycles. The summed E-state index contributed by atoms with van der Waals surface area (Å²) >= 11 is 0. The fourth-order valence-corrected chi connectivity index (χ4v) is 3.85. The van der Waals surface area contributed by atoms with Gasteiger partial charge in [-0.2, -0.15) is 13.2 Å². The summed E-state index contributed by atoms with van der Waals surface area (Å²) in [6, 6.07) is 5.37. The first kappa shape index (κ1) is 19.2. The lowest BCUT2D eigenvalue weighted by molar-refractivity contribution is -0.148. The van der Waals surface area contributed by atoms with E-state index in [0.29, 0.717) is 26.1 Å². The standard InChI is InChI=1S/C19H24F3NO3/c20-19(21,22)15-8-5-4-6-13(15)14-7-2-1-3-9-16(14)23-18(24)17-12-25-10-11-26-17/h4-6,8,14,16-17H,1-3,7,9-12H2,(H,23,24)/t14-,16+,17-/m0/s1. The SMILES string of the molecule is O=C(N[C@@H]1CCCCC[C@H]1c1ccccc1C(F)(F)F)[C@@H]1COCCO1. The molecule has 4 nitrogen and oxygen atoms in total. The summed E-state index contributed by atoms with van der Waals surface area (Å²) in [6.07, 6.45) is -1.11. The van der Waals surface area contributed by atoms with Crippen LogP contribution in [0, 0.1) is 0 Å². The van der Waals surface area contributed by atoms with Crippen molar-refractivity contribution in [2.75, 3.05) is 19.8 Å². The molecule has 7 heteroatoms. The molecule has 0 unspecified atom stereocenters. The van der Waals surface area contributed by atoms with E-state index >= 15 is 0 Å². The number of carbonyl (C=O) groups is 1. The van der Waals surface area contributed by atoms with Crippen LogP contribution in [0.5, 0.6) is 0 Å². The molecule has 1 aromatic carbocycles. The van der Waals surface area contributed by atoms with Gasteiger partial charge in [-0.05, 0) is 24.5 Å². The minimum absolute atomic E-state index is 0.183. The van der Waals surface area contributed by atoms with E-state index in [4.69, 9.17) is 9.47 Å². The number of alkyl halides is 3. The Kier molecular flexibility index (Phi) is 6.19. The molecule has 1 aromatic rings. The van der Waals surface area contributed by atoms with E-state index in [1.807, 2.05) is 0 Å². The highest BCUT2D eigenvalue weighted by atomic mass is 19.4. The first-order valence-corrected chi connectivity index (χ1v) is 9.12. The maximum atomic E-state index is 13.5. The quantitative estimate of drug-likeness (QED) is 0.825. The third kappa shape index (κ3) is 4.57. The van der Waals surface area contributed by atoms with Crippen molar-refractivity contribution in [3.63, 3.8) is 0 Å². The monoisotopic (exact) mass is 371 g/mol. The normalized spacial score (nSPS) is 27.6. The molecule has 1 N–H and O–H groups in total. The number of ether oxygens (including phenoxy) is 2. The molecular weight excluding hydrogens is 347 g/mol. The van der Waals surface area contributed by atoms with Gasteiger partial charge in [0.05, 0.1) is 25.4 Å². The molecule has 144 valence electrons. The van der Waals surface area contributed by atoms with Crippen molar-refractivity contribution in [2.45, 2.75) is 56.3 Å². The van der Waals surface area contributed by atoms with Crippen LogP contribution in [0.3, 0.4) is 0 Å². The molecule has 1 amide bonds. The van der Waals surface area contributed by atoms with Crippen LogP contribution in [0.15, 0.2) is 24.3 Å². The highest BCUT2D eigenvalue weighted by Gasteiger charge is 2.38. The van der Waals surface area contributed by atoms with Crippen molar-refractivity contribution in [2.24, 2.45) is 0 Å². The number of amides is 1.